The molecule has 2 aromatic carbocycles. The molecule has 6 rings (SSSR count). The third kappa shape index (κ3) is 6.03. The topological polar surface area (TPSA) is 84.9 Å². The number of sulfonamides is 1. The Balaban J connectivity index is 1.46. The second kappa shape index (κ2) is 12.6. The molecule has 0 aromatic heterocycles. The summed E-state index contributed by atoms with van der Waals surface area (Å²) in [7, 11) is -2.09. The Kier molecular flexibility index (Phi) is 9.05. The number of fused-ring (bicyclic) bond motifs is 4. The standard InChI is InChI=1S/C36H47ClN2O5S/c1-5-16-36(43-4)18-6-8-24(2)25(3)45(41,42)38-34(40)27-11-15-33-32(20-27)39(21-28-10-13-31(28)36)22-35(23-44-33)17-7-9-26-19-29(37)12-14-30(26)35/h6,11-12,14-15,18-20,24-25,28,31H,5,7-10,13,16-17,21-23H2,1-4H3,(H,38,40)/b18-6+/t24-,25+,28-,31+,35-,36+/m0/s1. The van der Waals surface area contributed by atoms with E-state index in [1.54, 1.807) is 13.0 Å². The van der Waals surface area contributed by atoms with Gasteiger partial charge in [0.15, 0.2) is 0 Å². The molecule has 1 spiro atoms. The van der Waals surface area contributed by atoms with E-state index in [1.807, 2.05) is 32.2 Å². The zero-order chi connectivity index (χ0) is 32.0. The van der Waals surface area contributed by atoms with Gasteiger partial charge in [0, 0.05) is 36.2 Å². The normalized spacial score (nSPS) is 33.5. The van der Waals surface area contributed by atoms with Crippen LogP contribution in [0.2, 0.25) is 5.02 Å². The Bertz CT molecular complexity index is 1580. The smallest absolute Gasteiger partial charge is 0.264 e. The van der Waals surface area contributed by atoms with E-state index in [1.165, 1.54) is 11.1 Å². The van der Waals surface area contributed by atoms with Crippen LogP contribution < -0.4 is 14.4 Å². The van der Waals surface area contributed by atoms with Crippen molar-refractivity contribution < 1.29 is 22.7 Å². The van der Waals surface area contributed by atoms with Crippen LogP contribution in [0.3, 0.4) is 0 Å². The third-order valence-electron chi connectivity index (χ3n) is 11.3. The molecule has 2 heterocycles. The van der Waals surface area contributed by atoms with Gasteiger partial charge in [-0.3, -0.25) is 4.79 Å². The molecule has 1 saturated carbocycles. The van der Waals surface area contributed by atoms with Gasteiger partial charge in [-0.15, -0.1) is 0 Å². The van der Waals surface area contributed by atoms with Crippen LogP contribution in [-0.4, -0.2) is 52.0 Å². The maximum Gasteiger partial charge on any atom is 0.264 e. The highest BCUT2D eigenvalue weighted by Crippen LogP contribution is 2.50. The Morgan fingerprint density at radius 1 is 1.16 bits per heavy atom. The van der Waals surface area contributed by atoms with Gasteiger partial charge >= 0.3 is 0 Å². The number of carbonyl (C=O) groups is 1. The lowest BCUT2D eigenvalue weighted by atomic mass is 9.62. The molecule has 2 aromatic rings. The molecule has 1 N–H and O–H groups in total. The molecule has 6 atom stereocenters. The van der Waals surface area contributed by atoms with Gasteiger partial charge in [0.25, 0.3) is 5.91 Å². The first-order valence-corrected chi connectivity index (χ1v) is 18.5. The van der Waals surface area contributed by atoms with E-state index in [4.69, 9.17) is 21.1 Å². The Hall–Kier alpha value is -2.55. The molecular weight excluding hydrogens is 608 g/mol. The number of aryl methyl sites for hydroxylation is 1. The summed E-state index contributed by atoms with van der Waals surface area (Å²) in [6, 6.07) is 11.6. The number of allylic oxidation sites excluding steroid dienone is 1. The molecule has 1 amide bonds. The number of hydrogen-bond acceptors (Lipinski definition) is 6. The van der Waals surface area contributed by atoms with Crippen LogP contribution in [-0.2, 0) is 26.6 Å². The van der Waals surface area contributed by atoms with Gasteiger partial charge in [0.05, 0.1) is 23.1 Å². The molecule has 45 heavy (non-hydrogen) atoms. The van der Waals surface area contributed by atoms with Crippen LogP contribution in [0, 0.1) is 17.8 Å². The number of amides is 1. The summed E-state index contributed by atoms with van der Waals surface area (Å²) in [5.41, 5.74) is 3.06. The quantitative estimate of drug-likeness (QED) is 0.357. The maximum absolute atomic E-state index is 13.5. The number of methoxy groups -OCH3 is 1. The molecule has 0 radical (unpaired) electrons. The van der Waals surface area contributed by atoms with Crippen molar-refractivity contribution in [1.29, 1.82) is 0 Å². The van der Waals surface area contributed by atoms with Crippen molar-refractivity contribution >= 4 is 33.2 Å². The van der Waals surface area contributed by atoms with Gasteiger partial charge < -0.3 is 14.4 Å². The minimum Gasteiger partial charge on any atom is -0.490 e. The van der Waals surface area contributed by atoms with Crippen LogP contribution in [0.1, 0.15) is 87.2 Å². The average Bonchev–Trinajstić information content (AvgIpc) is 3.15. The highest BCUT2D eigenvalue weighted by atomic mass is 35.5. The number of halogens is 1. The fourth-order valence-corrected chi connectivity index (χ4v) is 9.81. The minimum absolute atomic E-state index is 0.187. The van der Waals surface area contributed by atoms with Gasteiger partial charge in [-0.05, 0) is 111 Å². The lowest BCUT2D eigenvalue weighted by molar-refractivity contribution is -0.0803. The highest BCUT2D eigenvalue weighted by molar-refractivity contribution is 7.90. The largest absolute Gasteiger partial charge is 0.490 e. The molecule has 2 aliphatic carbocycles. The predicted molar refractivity (Wildman–Crippen MR) is 180 cm³/mol. The van der Waals surface area contributed by atoms with E-state index in [0.717, 1.165) is 74.5 Å². The Labute approximate surface area is 273 Å². The Morgan fingerprint density at radius 2 is 1.98 bits per heavy atom. The average molecular weight is 655 g/mol. The van der Waals surface area contributed by atoms with Crippen LogP contribution in [0.25, 0.3) is 0 Å². The summed E-state index contributed by atoms with van der Waals surface area (Å²) in [4.78, 5) is 15.9. The second-order valence-corrected chi connectivity index (χ2v) is 16.4. The van der Waals surface area contributed by atoms with Crippen LogP contribution in [0.5, 0.6) is 5.75 Å². The summed E-state index contributed by atoms with van der Waals surface area (Å²) in [6.45, 7) is 7.85. The first-order chi connectivity index (χ1) is 21.5. The molecule has 7 nitrogen and oxygen atoms in total. The zero-order valence-electron chi connectivity index (χ0n) is 27.0. The lowest BCUT2D eigenvalue weighted by Crippen LogP contribution is -2.53. The highest BCUT2D eigenvalue weighted by Gasteiger charge is 2.48. The lowest BCUT2D eigenvalue weighted by Gasteiger charge is -2.50. The summed E-state index contributed by atoms with van der Waals surface area (Å²) in [6.07, 6.45) is 12.0. The van der Waals surface area contributed by atoms with Gasteiger partial charge in [0.1, 0.15) is 5.75 Å². The fraction of sp³-hybridized carbons (Fsp3) is 0.583. The molecule has 0 saturated heterocycles. The number of ether oxygens (including phenoxy) is 2. The number of nitrogens with one attached hydrogen (secondary N) is 1. The van der Waals surface area contributed by atoms with Gasteiger partial charge in [-0.1, -0.05) is 50.1 Å². The van der Waals surface area contributed by atoms with Gasteiger partial charge in [0.2, 0.25) is 10.0 Å². The van der Waals surface area contributed by atoms with E-state index >= 15 is 0 Å². The van der Waals surface area contributed by atoms with Crippen molar-refractivity contribution in [3.63, 3.8) is 0 Å². The fourth-order valence-electron chi connectivity index (χ4n) is 8.33. The number of rotatable bonds is 3. The Morgan fingerprint density at radius 3 is 2.71 bits per heavy atom. The van der Waals surface area contributed by atoms with Crippen molar-refractivity contribution in [2.24, 2.45) is 17.8 Å². The summed E-state index contributed by atoms with van der Waals surface area (Å²) < 4.78 is 42.1. The SMILES string of the molecule is CCC[C@@]1(OC)/C=C/C[C@H](C)[C@@H](C)S(=O)(=O)NC(=O)c2ccc3c(c2)N(C[C@@H]2CC[C@H]21)C[C@@]1(CCCc2cc(Cl)ccc21)CO3. The van der Waals surface area contributed by atoms with Crippen molar-refractivity contribution in [2.45, 2.75) is 88.4 Å². The molecule has 244 valence electrons. The van der Waals surface area contributed by atoms with Gasteiger partial charge in [-0.25, -0.2) is 13.1 Å². The van der Waals surface area contributed by atoms with E-state index in [2.05, 4.69) is 40.8 Å². The second-order valence-electron chi connectivity index (χ2n) is 13.9. The molecule has 0 unspecified atom stereocenters. The van der Waals surface area contributed by atoms with Crippen molar-refractivity contribution in [3.05, 3.63) is 70.3 Å². The first kappa shape index (κ1) is 32.4. The number of nitrogens with zero attached hydrogens (tertiary/aromatic N) is 1. The van der Waals surface area contributed by atoms with Crippen LogP contribution >= 0.6 is 11.6 Å². The van der Waals surface area contributed by atoms with Crippen LogP contribution in [0.4, 0.5) is 5.69 Å². The first-order valence-electron chi connectivity index (χ1n) is 16.6. The summed E-state index contributed by atoms with van der Waals surface area (Å²) >= 11 is 6.44. The number of benzene rings is 2. The number of hydrogen-bond donors (Lipinski definition) is 1. The monoisotopic (exact) mass is 654 g/mol. The molecule has 1 fully saturated rings. The van der Waals surface area contributed by atoms with Crippen molar-refractivity contribution in [1.82, 2.24) is 4.72 Å². The van der Waals surface area contributed by atoms with E-state index < -0.39 is 26.8 Å². The minimum atomic E-state index is -3.91. The van der Waals surface area contributed by atoms with E-state index in [-0.39, 0.29) is 11.3 Å². The predicted octanol–water partition coefficient (Wildman–Crippen LogP) is 7.07. The molecule has 9 heteroatoms. The summed E-state index contributed by atoms with van der Waals surface area (Å²) in [5, 5.41) is -0.000814. The number of carbonyl (C=O) groups excluding carboxylic acids is 1. The molecule has 2 aliphatic heterocycles. The molecular formula is C36H47ClN2O5S. The van der Waals surface area contributed by atoms with Crippen LogP contribution in [0.15, 0.2) is 48.6 Å². The molecule has 2 bridgehead atoms. The third-order valence-corrected chi connectivity index (χ3v) is 13.4. The summed E-state index contributed by atoms with van der Waals surface area (Å²) in [5.74, 6) is 0.639. The van der Waals surface area contributed by atoms with Gasteiger partial charge in [-0.2, -0.15) is 0 Å². The van der Waals surface area contributed by atoms with Crippen molar-refractivity contribution in [3.8, 4) is 5.75 Å². The maximum atomic E-state index is 13.5. The molecule has 4 aliphatic rings. The van der Waals surface area contributed by atoms with E-state index in [9.17, 15) is 13.2 Å². The zero-order valence-corrected chi connectivity index (χ0v) is 28.6. The number of anilines is 1. The van der Waals surface area contributed by atoms with Crippen molar-refractivity contribution in [2.75, 3.05) is 31.7 Å². The van der Waals surface area contributed by atoms with E-state index in [0.29, 0.717) is 30.4 Å².